The Morgan fingerprint density at radius 2 is 1.93 bits per heavy atom. The maximum atomic E-state index is 11.6. The molecule has 1 atom stereocenters. The molecule has 0 spiro atoms. The molecular weight excluding hydrogens is 192 g/mol. The van der Waals surface area contributed by atoms with E-state index >= 15 is 0 Å². The second-order valence-electron chi connectivity index (χ2n) is 4.05. The van der Waals surface area contributed by atoms with Crippen molar-refractivity contribution in [2.75, 3.05) is 19.8 Å². The third-order valence-electron chi connectivity index (χ3n) is 3.56. The van der Waals surface area contributed by atoms with E-state index in [1.807, 2.05) is 6.92 Å². The lowest BCUT2D eigenvalue weighted by atomic mass is 9.61. The van der Waals surface area contributed by atoms with Crippen LogP contribution in [-0.4, -0.2) is 31.7 Å². The molecule has 0 aromatic rings. The van der Waals surface area contributed by atoms with Gasteiger partial charge >= 0.3 is 0 Å². The monoisotopic (exact) mass is 214 g/mol. The van der Waals surface area contributed by atoms with Crippen LogP contribution < -0.4 is 0 Å². The predicted octanol–water partition coefficient (Wildman–Crippen LogP) is 2.19. The van der Waals surface area contributed by atoms with Crippen molar-refractivity contribution < 1.29 is 14.3 Å². The number of rotatable bonds is 7. The second-order valence-corrected chi connectivity index (χ2v) is 4.05. The SMILES string of the molecule is CCOCCOC1CC(=O)C1(CC)CC. The van der Waals surface area contributed by atoms with Gasteiger partial charge in [0, 0.05) is 13.0 Å². The van der Waals surface area contributed by atoms with E-state index in [4.69, 9.17) is 9.47 Å². The molecule has 3 nitrogen and oxygen atoms in total. The summed E-state index contributed by atoms with van der Waals surface area (Å²) in [4.78, 5) is 11.6. The van der Waals surface area contributed by atoms with Gasteiger partial charge in [0.1, 0.15) is 5.78 Å². The topological polar surface area (TPSA) is 35.5 Å². The Labute approximate surface area is 92.1 Å². The lowest BCUT2D eigenvalue weighted by Crippen LogP contribution is -2.54. The molecule has 0 N–H and O–H groups in total. The van der Waals surface area contributed by atoms with Gasteiger partial charge < -0.3 is 9.47 Å². The fourth-order valence-corrected chi connectivity index (χ4v) is 2.33. The summed E-state index contributed by atoms with van der Waals surface area (Å²) in [5.41, 5.74) is -0.188. The van der Waals surface area contributed by atoms with Crippen LogP contribution in [0.15, 0.2) is 0 Å². The second kappa shape index (κ2) is 5.61. The first-order valence-corrected chi connectivity index (χ1v) is 5.93. The van der Waals surface area contributed by atoms with Crippen molar-refractivity contribution in [3.63, 3.8) is 0 Å². The van der Waals surface area contributed by atoms with Crippen LogP contribution in [0.5, 0.6) is 0 Å². The van der Waals surface area contributed by atoms with Gasteiger partial charge in [0.05, 0.1) is 24.7 Å². The highest BCUT2D eigenvalue weighted by Crippen LogP contribution is 2.45. The Hall–Kier alpha value is -0.410. The first-order chi connectivity index (χ1) is 7.21. The van der Waals surface area contributed by atoms with Crippen LogP contribution in [0.2, 0.25) is 0 Å². The van der Waals surface area contributed by atoms with Gasteiger partial charge in [0.25, 0.3) is 0 Å². The molecule has 3 heteroatoms. The number of ether oxygens (including phenoxy) is 2. The summed E-state index contributed by atoms with van der Waals surface area (Å²) >= 11 is 0. The van der Waals surface area contributed by atoms with Crippen LogP contribution in [0, 0.1) is 5.41 Å². The third-order valence-corrected chi connectivity index (χ3v) is 3.56. The Morgan fingerprint density at radius 1 is 1.27 bits per heavy atom. The molecule has 0 bridgehead atoms. The van der Waals surface area contributed by atoms with Crippen molar-refractivity contribution in [1.29, 1.82) is 0 Å². The first kappa shape index (κ1) is 12.7. The van der Waals surface area contributed by atoms with Crippen LogP contribution >= 0.6 is 0 Å². The number of hydrogen-bond acceptors (Lipinski definition) is 3. The molecule has 1 saturated carbocycles. The molecule has 0 aromatic carbocycles. The molecule has 1 fully saturated rings. The smallest absolute Gasteiger partial charge is 0.144 e. The molecule has 0 saturated heterocycles. The van der Waals surface area contributed by atoms with Crippen molar-refractivity contribution in [2.24, 2.45) is 5.41 Å². The van der Waals surface area contributed by atoms with E-state index in [0.717, 1.165) is 19.4 Å². The standard InChI is InChI=1S/C12H22O3/c1-4-12(5-2)10(13)9-11(12)15-8-7-14-6-3/h11H,4-9H2,1-3H3. The minimum absolute atomic E-state index is 0.125. The van der Waals surface area contributed by atoms with E-state index in [1.54, 1.807) is 0 Å². The zero-order chi connectivity index (χ0) is 11.3. The Bertz CT molecular complexity index is 209. The molecule has 15 heavy (non-hydrogen) atoms. The van der Waals surface area contributed by atoms with Crippen LogP contribution in [0.3, 0.4) is 0 Å². The largest absolute Gasteiger partial charge is 0.379 e. The van der Waals surface area contributed by atoms with Crippen molar-refractivity contribution in [1.82, 2.24) is 0 Å². The molecule has 0 radical (unpaired) electrons. The minimum Gasteiger partial charge on any atom is -0.379 e. The van der Waals surface area contributed by atoms with Crippen LogP contribution in [0.25, 0.3) is 0 Å². The summed E-state index contributed by atoms with van der Waals surface area (Å²) in [5, 5.41) is 0. The molecule has 1 aliphatic rings. The fourth-order valence-electron chi connectivity index (χ4n) is 2.33. The van der Waals surface area contributed by atoms with E-state index in [2.05, 4.69) is 13.8 Å². The van der Waals surface area contributed by atoms with Crippen LogP contribution in [0.1, 0.15) is 40.0 Å². The van der Waals surface area contributed by atoms with E-state index < -0.39 is 0 Å². The quantitative estimate of drug-likeness (QED) is 0.609. The summed E-state index contributed by atoms with van der Waals surface area (Å²) in [6.07, 6.45) is 2.50. The maximum absolute atomic E-state index is 11.6. The van der Waals surface area contributed by atoms with E-state index in [1.165, 1.54) is 0 Å². The summed E-state index contributed by atoms with van der Waals surface area (Å²) in [6, 6.07) is 0. The van der Waals surface area contributed by atoms with Gasteiger partial charge in [-0.1, -0.05) is 13.8 Å². The van der Waals surface area contributed by atoms with Gasteiger partial charge in [-0.2, -0.15) is 0 Å². The Morgan fingerprint density at radius 3 is 2.40 bits per heavy atom. The van der Waals surface area contributed by atoms with Gasteiger partial charge in [-0.15, -0.1) is 0 Å². The normalized spacial score (nSPS) is 23.9. The third kappa shape index (κ3) is 2.40. The summed E-state index contributed by atoms with van der Waals surface area (Å²) < 4.78 is 10.9. The molecule has 1 rings (SSSR count). The average molecular weight is 214 g/mol. The van der Waals surface area contributed by atoms with Gasteiger partial charge in [-0.25, -0.2) is 0 Å². The number of hydrogen-bond donors (Lipinski definition) is 0. The van der Waals surface area contributed by atoms with Crippen LogP contribution in [-0.2, 0) is 14.3 Å². The van der Waals surface area contributed by atoms with E-state index in [-0.39, 0.29) is 11.5 Å². The molecular formula is C12H22O3. The Kier molecular flexibility index (Phi) is 4.74. The maximum Gasteiger partial charge on any atom is 0.144 e. The fraction of sp³-hybridized carbons (Fsp3) is 0.917. The first-order valence-electron chi connectivity index (χ1n) is 5.93. The van der Waals surface area contributed by atoms with E-state index in [0.29, 0.717) is 25.4 Å². The number of Topliss-reactive ketones (excluding diaryl/α,β-unsaturated/α-hetero) is 1. The van der Waals surface area contributed by atoms with Gasteiger partial charge in [-0.05, 0) is 19.8 Å². The summed E-state index contributed by atoms with van der Waals surface area (Å²) in [6.45, 7) is 8.06. The molecule has 0 heterocycles. The number of carbonyl (C=O) groups excluding carboxylic acids is 1. The van der Waals surface area contributed by atoms with Crippen LogP contribution in [0.4, 0.5) is 0 Å². The minimum atomic E-state index is -0.188. The molecule has 1 unspecified atom stereocenters. The van der Waals surface area contributed by atoms with Crippen molar-refractivity contribution in [2.45, 2.75) is 46.1 Å². The zero-order valence-electron chi connectivity index (χ0n) is 10.0. The highest BCUT2D eigenvalue weighted by Gasteiger charge is 2.52. The van der Waals surface area contributed by atoms with Gasteiger partial charge in [0.2, 0.25) is 0 Å². The highest BCUT2D eigenvalue weighted by atomic mass is 16.5. The predicted molar refractivity (Wildman–Crippen MR) is 58.9 cm³/mol. The number of carbonyl (C=O) groups is 1. The van der Waals surface area contributed by atoms with Crippen molar-refractivity contribution in [3.8, 4) is 0 Å². The van der Waals surface area contributed by atoms with Crippen molar-refractivity contribution in [3.05, 3.63) is 0 Å². The lowest BCUT2D eigenvalue weighted by Gasteiger charge is -2.46. The average Bonchev–Trinajstić information content (AvgIpc) is 2.24. The van der Waals surface area contributed by atoms with Gasteiger partial charge in [-0.3, -0.25) is 4.79 Å². The van der Waals surface area contributed by atoms with E-state index in [9.17, 15) is 4.79 Å². The summed E-state index contributed by atoms with van der Waals surface area (Å²) in [5.74, 6) is 0.369. The zero-order valence-corrected chi connectivity index (χ0v) is 10.0. The number of ketones is 1. The highest BCUT2D eigenvalue weighted by molar-refractivity contribution is 5.92. The Balaban J connectivity index is 2.33. The lowest BCUT2D eigenvalue weighted by molar-refractivity contribution is -0.167. The molecule has 0 amide bonds. The summed E-state index contributed by atoms with van der Waals surface area (Å²) in [7, 11) is 0. The van der Waals surface area contributed by atoms with Gasteiger partial charge in [0.15, 0.2) is 0 Å². The molecule has 1 aliphatic carbocycles. The molecule has 88 valence electrons. The molecule has 0 aromatic heterocycles. The van der Waals surface area contributed by atoms with Crippen molar-refractivity contribution >= 4 is 5.78 Å². The molecule has 0 aliphatic heterocycles.